The molecule has 8 nitrogen and oxygen atoms in total. The number of amides is 2. The van der Waals surface area contributed by atoms with Gasteiger partial charge in [-0.05, 0) is 17.7 Å². The number of hydrogen-bond acceptors (Lipinski definition) is 5. The molecule has 0 fully saturated rings. The van der Waals surface area contributed by atoms with Crippen LogP contribution in [0, 0.1) is 0 Å². The zero-order valence-corrected chi connectivity index (χ0v) is 13.8. The minimum Gasteiger partial charge on any atom is -0.454 e. The normalized spacial score (nSPS) is 18.0. The van der Waals surface area contributed by atoms with Gasteiger partial charge < -0.3 is 24.3 Å². The van der Waals surface area contributed by atoms with Gasteiger partial charge in [-0.3, -0.25) is 9.59 Å². The molecule has 1 unspecified atom stereocenters. The van der Waals surface area contributed by atoms with Gasteiger partial charge in [0.25, 0.3) is 0 Å². The molecule has 1 N–H and O–H groups in total. The van der Waals surface area contributed by atoms with Crippen molar-refractivity contribution in [2.24, 2.45) is 0 Å². The monoisotopic (exact) mass is 342 g/mol. The van der Waals surface area contributed by atoms with Crippen LogP contribution >= 0.6 is 0 Å². The van der Waals surface area contributed by atoms with E-state index in [2.05, 4.69) is 10.3 Å². The van der Waals surface area contributed by atoms with Crippen molar-refractivity contribution in [1.82, 2.24) is 19.8 Å². The summed E-state index contributed by atoms with van der Waals surface area (Å²) in [5.74, 6) is 1.17. The summed E-state index contributed by atoms with van der Waals surface area (Å²) in [4.78, 5) is 30.7. The number of benzene rings is 1. The van der Waals surface area contributed by atoms with Crippen LogP contribution in [0.5, 0.6) is 11.5 Å². The number of hydrogen-bond donors (Lipinski definition) is 1. The molecule has 1 aromatic heterocycles. The number of aromatic nitrogens is 2. The molecule has 0 bridgehead atoms. The lowest BCUT2D eigenvalue weighted by Gasteiger charge is -2.33. The van der Waals surface area contributed by atoms with E-state index >= 15 is 0 Å². The van der Waals surface area contributed by atoms with Gasteiger partial charge in [0.1, 0.15) is 6.04 Å². The van der Waals surface area contributed by atoms with E-state index in [1.165, 1.54) is 0 Å². The first-order valence-electron chi connectivity index (χ1n) is 8.04. The second-order valence-electron chi connectivity index (χ2n) is 6.06. The van der Waals surface area contributed by atoms with Crippen molar-refractivity contribution in [3.8, 4) is 11.5 Å². The minimum atomic E-state index is -0.461. The van der Waals surface area contributed by atoms with E-state index in [-0.39, 0.29) is 25.0 Å². The van der Waals surface area contributed by atoms with Gasteiger partial charge in [0, 0.05) is 13.2 Å². The number of fused-ring (bicyclic) bond motifs is 2. The van der Waals surface area contributed by atoms with Crippen molar-refractivity contribution in [3.63, 3.8) is 0 Å². The fourth-order valence-corrected chi connectivity index (χ4v) is 3.20. The maximum Gasteiger partial charge on any atom is 0.244 e. The lowest BCUT2D eigenvalue weighted by molar-refractivity contribution is -0.134. The lowest BCUT2D eigenvalue weighted by atomic mass is 10.1. The highest BCUT2D eigenvalue weighted by atomic mass is 16.7. The Balaban J connectivity index is 1.52. The molecule has 0 radical (unpaired) electrons. The van der Waals surface area contributed by atoms with Crippen molar-refractivity contribution < 1.29 is 19.1 Å². The standard InChI is InChI=1S/C17H18N4O4/c1-18-17(23)13-8-20(7-12-6-19-9-21(12)13)16(22)5-11-2-3-14-15(4-11)25-10-24-14/h2-4,6,9,13H,5,7-8,10H2,1H3,(H,18,23). The quantitative estimate of drug-likeness (QED) is 0.877. The van der Waals surface area contributed by atoms with Gasteiger partial charge in [-0.1, -0.05) is 6.07 Å². The Bertz CT molecular complexity index is 832. The van der Waals surface area contributed by atoms with Gasteiger partial charge in [0.05, 0.1) is 31.5 Å². The Morgan fingerprint density at radius 3 is 3.00 bits per heavy atom. The smallest absolute Gasteiger partial charge is 0.244 e. The second kappa shape index (κ2) is 6.12. The molecule has 0 aliphatic carbocycles. The van der Waals surface area contributed by atoms with Crippen molar-refractivity contribution in [1.29, 1.82) is 0 Å². The molecule has 3 heterocycles. The molecular formula is C17H18N4O4. The average molecular weight is 342 g/mol. The molecular weight excluding hydrogens is 324 g/mol. The van der Waals surface area contributed by atoms with E-state index in [0.717, 1.165) is 11.3 Å². The zero-order chi connectivity index (χ0) is 17.4. The summed E-state index contributed by atoms with van der Waals surface area (Å²) < 4.78 is 12.5. The Morgan fingerprint density at radius 1 is 1.32 bits per heavy atom. The van der Waals surface area contributed by atoms with Gasteiger partial charge in [0.2, 0.25) is 18.6 Å². The van der Waals surface area contributed by atoms with Crippen LogP contribution in [-0.2, 0) is 22.6 Å². The fourth-order valence-electron chi connectivity index (χ4n) is 3.20. The zero-order valence-electron chi connectivity index (χ0n) is 13.8. The van der Waals surface area contributed by atoms with Gasteiger partial charge >= 0.3 is 0 Å². The topological polar surface area (TPSA) is 85.7 Å². The summed E-state index contributed by atoms with van der Waals surface area (Å²) in [5.41, 5.74) is 1.70. The number of carbonyl (C=O) groups excluding carboxylic acids is 2. The maximum absolute atomic E-state index is 12.7. The first-order valence-corrected chi connectivity index (χ1v) is 8.04. The van der Waals surface area contributed by atoms with Crippen LogP contribution in [0.4, 0.5) is 0 Å². The Hall–Kier alpha value is -3.03. The van der Waals surface area contributed by atoms with Crippen LogP contribution in [-0.4, -0.2) is 46.7 Å². The number of nitrogens with zero attached hydrogens (tertiary/aromatic N) is 3. The van der Waals surface area contributed by atoms with Crippen molar-refractivity contribution in [2.75, 3.05) is 20.4 Å². The summed E-state index contributed by atoms with van der Waals surface area (Å²) in [7, 11) is 1.59. The highest BCUT2D eigenvalue weighted by Gasteiger charge is 2.32. The summed E-state index contributed by atoms with van der Waals surface area (Å²) in [6.45, 7) is 0.972. The Kier molecular flexibility index (Phi) is 3.79. The predicted octanol–water partition coefficient (Wildman–Crippen LogP) is 0.484. The van der Waals surface area contributed by atoms with Crippen LogP contribution < -0.4 is 14.8 Å². The number of ether oxygens (including phenoxy) is 2. The molecule has 2 aliphatic rings. The number of nitrogens with one attached hydrogen (secondary N) is 1. The summed E-state index contributed by atoms with van der Waals surface area (Å²) in [6.07, 6.45) is 3.57. The third kappa shape index (κ3) is 2.79. The van der Waals surface area contributed by atoms with Gasteiger partial charge in [-0.2, -0.15) is 0 Å². The van der Waals surface area contributed by atoms with Gasteiger partial charge in [0.15, 0.2) is 11.5 Å². The highest BCUT2D eigenvalue weighted by molar-refractivity contribution is 5.83. The fraction of sp³-hybridized carbons (Fsp3) is 0.353. The molecule has 4 rings (SSSR count). The molecule has 0 saturated heterocycles. The van der Waals surface area contributed by atoms with Crippen molar-refractivity contribution in [3.05, 3.63) is 42.0 Å². The van der Waals surface area contributed by atoms with Crippen LogP contribution in [0.1, 0.15) is 17.3 Å². The summed E-state index contributed by atoms with van der Waals surface area (Å²) >= 11 is 0. The van der Waals surface area contributed by atoms with E-state index < -0.39 is 6.04 Å². The minimum absolute atomic E-state index is 0.0415. The molecule has 0 saturated carbocycles. The van der Waals surface area contributed by atoms with Crippen molar-refractivity contribution >= 4 is 11.8 Å². The van der Waals surface area contributed by atoms with Crippen LogP contribution in [0.3, 0.4) is 0 Å². The van der Waals surface area contributed by atoms with E-state index in [4.69, 9.17) is 9.47 Å². The molecule has 130 valence electrons. The summed E-state index contributed by atoms with van der Waals surface area (Å²) in [5, 5.41) is 2.65. The van der Waals surface area contributed by atoms with Crippen molar-refractivity contribution in [2.45, 2.75) is 19.0 Å². The van der Waals surface area contributed by atoms with E-state index in [1.54, 1.807) is 24.5 Å². The van der Waals surface area contributed by atoms with E-state index in [0.29, 0.717) is 24.6 Å². The lowest BCUT2D eigenvalue weighted by Crippen LogP contribution is -2.46. The molecule has 8 heteroatoms. The largest absolute Gasteiger partial charge is 0.454 e. The second-order valence-corrected chi connectivity index (χ2v) is 6.06. The SMILES string of the molecule is CNC(=O)C1CN(C(=O)Cc2ccc3c(c2)OCO3)Cc2cncn21. The molecule has 2 amide bonds. The van der Waals surface area contributed by atoms with Gasteiger partial charge in [-0.25, -0.2) is 4.98 Å². The summed E-state index contributed by atoms with van der Waals surface area (Å²) in [6, 6.07) is 5.03. The van der Waals surface area contributed by atoms with E-state index in [9.17, 15) is 9.59 Å². The third-order valence-corrected chi connectivity index (χ3v) is 4.52. The number of imidazole rings is 1. The Labute approximate surface area is 144 Å². The molecule has 25 heavy (non-hydrogen) atoms. The highest BCUT2D eigenvalue weighted by Crippen LogP contribution is 2.33. The van der Waals surface area contributed by atoms with Gasteiger partial charge in [-0.15, -0.1) is 0 Å². The van der Waals surface area contributed by atoms with Crippen LogP contribution in [0.15, 0.2) is 30.7 Å². The third-order valence-electron chi connectivity index (χ3n) is 4.52. The number of carbonyl (C=O) groups is 2. The first-order chi connectivity index (χ1) is 12.2. The Morgan fingerprint density at radius 2 is 2.16 bits per heavy atom. The van der Waals surface area contributed by atoms with Crippen LogP contribution in [0.2, 0.25) is 0 Å². The number of rotatable bonds is 3. The maximum atomic E-state index is 12.7. The first kappa shape index (κ1) is 15.5. The predicted molar refractivity (Wildman–Crippen MR) is 87.0 cm³/mol. The molecule has 2 aromatic rings. The average Bonchev–Trinajstić information content (AvgIpc) is 3.28. The molecule has 1 atom stereocenters. The molecule has 2 aliphatic heterocycles. The molecule has 1 aromatic carbocycles. The van der Waals surface area contributed by atoms with Crippen LogP contribution in [0.25, 0.3) is 0 Å². The molecule has 0 spiro atoms. The number of likely N-dealkylation sites (N-methyl/N-ethyl adjacent to an activating group) is 1. The van der Waals surface area contributed by atoms with E-state index in [1.807, 2.05) is 22.8 Å².